The lowest BCUT2D eigenvalue weighted by atomic mass is 10.3. The average Bonchev–Trinajstić information content (AvgIpc) is 2.20. The van der Waals surface area contributed by atoms with Crippen LogP contribution in [0.5, 0.6) is 0 Å². The van der Waals surface area contributed by atoms with E-state index in [9.17, 15) is 0 Å². The lowest BCUT2D eigenvalue weighted by Crippen LogP contribution is -2.60. The van der Waals surface area contributed by atoms with Crippen LogP contribution in [-0.2, 0) is 0 Å². The van der Waals surface area contributed by atoms with Gasteiger partial charge in [-0.25, -0.2) is 0 Å². The number of hydrogen-bond donors (Lipinski definition) is 0. The summed E-state index contributed by atoms with van der Waals surface area (Å²) < 4.78 is 0. The maximum absolute atomic E-state index is 2.78. The Kier molecular flexibility index (Phi) is 3.22. The number of hydrogen-bond acceptors (Lipinski definition) is 0. The van der Waals surface area contributed by atoms with E-state index in [0.717, 1.165) is 0 Å². The lowest BCUT2D eigenvalue weighted by molar-refractivity contribution is 0.698. The molecule has 2 heteroatoms. The Morgan fingerprint density at radius 1 is 0.500 bits per heavy atom. The summed E-state index contributed by atoms with van der Waals surface area (Å²) in [5.74, 6) is 0. The molecule has 0 aromatic carbocycles. The fourth-order valence-electron chi connectivity index (χ4n) is 3.87. The molecule has 0 unspecified atom stereocenters. The van der Waals surface area contributed by atoms with Gasteiger partial charge in [0.15, 0.2) is 0 Å². The molecule has 0 aliphatic carbocycles. The normalized spacial score (nSPS) is 31.3. The molecule has 82 valence electrons. The van der Waals surface area contributed by atoms with Gasteiger partial charge >= 0.3 is 0 Å². The Labute approximate surface area is 91.3 Å². The fraction of sp³-hybridized carbons (Fsp3) is 1.00. The molecule has 0 bridgehead atoms. The molecule has 2 heterocycles. The minimum atomic E-state index is -0.721. The summed E-state index contributed by atoms with van der Waals surface area (Å²) in [7, 11) is -1.44. The Morgan fingerprint density at radius 3 is 1.07 bits per heavy atom. The minimum absolute atomic E-state index is 0.721. The van der Waals surface area contributed by atoms with Gasteiger partial charge in [-0.2, -0.15) is 0 Å². The van der Waals surface area contributed by atoms with E-state index >= 15 is 0 Å². The van der Waals surface area contributed by atoms with Gasteiger partial charge in [-0.1, -0.05) is 75.8 Å². The van der Waals surface area contributed by atoms with Gasteiger partial charge in [0.25, 0.3) is 0 Å². The topological polar surface area (TPSA) is 0 Å². The molecule has 0 nitrogen and oxygen atoms in total. The van der Waals surface area contributed by atoms with Crippen LogP contribution in [0.15, 0.2) is 0 Å². The molecular weight excluding hydrogens is 200 g/mol. The Bertz CT molecular complexity index is 166. The molecule has 0 N–H and O–H groups in total. The maximum atomic E-state index is 2.78. The van der Waals surface area contributed by atoms with Gasteiger partial charge in [-0.3, -0.25) is 0 Å². The van der Waals surface area contributed by atoms with Crippen LogP contribution >= 0.6 is 0 Å². The summed E-state index contributed by atoms with van der Waals surface area (Å²) in [6.45, 7) is 5.56. The van der Waals surface area contributed by atoms with Crippen molar-refractivity contribution in [3.8, 4) is 0 Å². The van der Waals surface area contributed by atoms with Crippen LogP contribution in [0.1, 0.15) is 38.5 Å². The van der Waals surface area contributed by atoms with E-state index in [2.05, 4.69) is 13.1 Å². The molecule has 0 spiro atoms. The van der Waals surface area contributed by atoms with Crippen molar-refractivity contribution in [3.05, 3.63) is 0 Å². The first-order valence-electron chi connectivity index (χ1n) is 6.66. The highest BCUT2D eigenvalue weighted by molar-refractivity contribution is 7.41. The summed E-state index contributed by atoms with van der Waals surface area (Å²) >= 11 is 0. The third kappa shape index (κ3) is 1.88. The molecule has 2 aliphatic rings. The highest BCUT2D eigenvalue weighted by Gasteiger charge is 2.47. The largest absolute Gasteiger partial charge is 0.0711 e. The van der Waals surface area contributed by atoms with Crippen LogP contribution in [0.25, 0.3) is 0 Å². The molecule has 2 rings (SSSR count). The standard InChI is InChI=1S/C12H26Si2/c1-13(9-5-3-6-10-13)14(2)11-7-4-8-12-14/h3-12H2,1-2H3. The van der Waals surface area contributed by atoms with Gasteiger partial charge in [0, 0.05) is 15.2 Å². The predicted molar refractivity (Wildman–Crippen MR) is 70.2 cm³/mol. The van der Waals surface area contributed by atoms with Gasteiger partial charge < -0.3 is 0 Å². The Balaban J connectivity index is 2.09. The van der Waals surface area contributed by atoms with Crippen molar-refractivity contribution < 1.29 is 0 Å². The van der Waals surface area contributed by atoms with E-state index < -0.39 is 15.2 Å². The van der Waals surface area contributed by atoms with Crippen molar-refractivity contribution in [1.29, 1.82) is 0 Å². The van der Waals surface area contributed by atoms with Crippen LogP contribution in [0.3, 0.4) is 0 Å². The van der Waals surface area contributed by atoms with E-state index in [1.165, 1.54) is 0 Å². The monoisotopic (exact) mass is 226 g/mol. The Morgan fingerprint density at radius 2 is 0.786 bits per heavy atom. The lowest BCUT2D eigenvalue weighted by Gasteiger charge is -2.48. The summed E-state index contributed by atoms with van der Waals surface area (Å²) in [6, 6.07) is 6.82. The highest BCUT2D eigenvalue weighted by atomic mass is 29.3. The first-order valence-corrected chi connectivity index (χ1v) is 13.5. The molecule has 2 fully saturated rings. The molecule has 14 heavy (non-hydrogen) atoms. The highest BCUT2D eigenvalue weighted by Crippen LogP contribution is 2.43. The number of rotatable bonds is 1. The molecule has 2 aliphatic heterocycles. The zero-order valence-electron chi connectivity index (χ0n) is 10.1. The van der Waals surface area contributed by atoms with Crippen LogP contribution < -0.4 is 0 Å². The van der Waals surface area contributed by atoms with Crippen molar-refractivity contribution in [2.45, 2.75) is 75.8 Å². The molecule has 0 saturated carbocycles. The van der Waals surface area contributed by atoms with Crippen LogP contribution in [0, 0.1) is 0 Å². The van der Waals surface area contributed by atoms with Crippen LogP contribution in [0.2, 0.25) is 37.3 Å². The van der Waals surface area contributed by atoms with Gasteiger partial charge in [-0.05, 0) is 0 Å². The maximum Gasteiger partial charge on any atom is 0.0446 e. The van der Waals surface area contributed by atoms with Gasteiger partial charge in [0.1, 0.15) is 0 Å². The second kappa shape index (κ2) is 4.13. The van der Waals surface area contributed by atoms with Crippen molar-refractivity contribution in [2.75, 3.05) is 0 Å². The van der Waals surface area contributed by atoms with E-state index in [1.807, 2.05) is 0 Å². The van der Waals surface area contributed by atoms with Crippen molar-refractivity contribution in [2.24, 2.45) is 0 Å². The quantitative estimate of drug-likeness (QED) is 0.574. The SMILES string of the molecule is C[Si]1([Si]2(C)CCCCC2)CCCCC1. The second-order valence-electron chi connectivity index (χ2n) is 6.24. The molecular formula is C12H26Si2. The molecule has 0 aromatic rings. The second-order valence-corrected chi connectivity index (χ2v) is 21.7. The van der Waals surface area contributed by atoms with Crippen molar-refractivity contribution in [1.82, 2.24) is 0 Å². The van der Waals surface area contributed by atoms with Crippen LogP contribution in [-0.4, -0.2) is 15.2 Å². The molecule has 2 saturated heterocycles. The van der Waals surface area contributed by atoms with Crippen molar-refractivity contribution >= 4 is 15.2 Å². The molecule has 0 amide bonds. The minimum Gasteiger partial charge on any atom is -0.0711 e. The van der Waals surface area contributed by atoms with Crippen LogP contribution in [0.4, 0.5) is 0 Å². The first kappa shape index (κ1) is 10.9. The zero-order chi connectivity index (χ0) is 10.1. The first-order chi connectivity index (χ1) is 6.66. The van der Waals surface area contributed by atoms with Crippen molar-refractivity contribution in [3.63, 3.8) is 0 Å². The summed E-state index contributed by atoms with van der Waals surface area (Å²) in [6.07, 6.45) is 9.45. The zero-order valence-corrected chi connectivity index (χ0v) is 12.1. The molecule has 0 radical (unpaired) electrons. The Hall–Kier alpha value is 0.434. The summed E-state index contributed by atoms with van der Waals surface area (Å²) in [5, 5.41) is 0. The third-order valence-corrected chi connectivity index (χ3v) is 25.9. The predicted octanol–water partition coefficient (Wildman–Crippen LogP) is 4.59. The summed E-state index contributed by atoms with van der Waals surface area (Å²) in [4.78, 5) is 0. The molecule has 0 atom stereocenters. The van der Waals surface area contributed by atoms with Gasteiger partial charge in [0.2, 0.25) is 0 Å². The smallest absolute Gasteiger partial charge is 0.0446 e. The molecule has 0 aromatic heterocycles. The van der Waals surface area contributed by atoms with E-state index in [1.54, 1.807) is 62.7 Å². The summed E-state index contributed by atoms with van der Waals surface area (Å²) in [5.41, 5.74) is 0. The van der Waals surface area contributed by atoms with E-state index in [0.29, 0.717) is 0 Å². The fourth-order valence-corrected chi connectivity index (χ4v) is 20.3. The third-order valence-electron chi connectivity index (χ3n) is 5.37. The van der Waals surface area contributed by atoms with Gasteiger partial charge in [-0.15, -0.1) is 0 Å². The van der Waals surface area contributed by atoms with Gasteiger partial charge in [0.05, 0.1) is 0 Å². The van der Waals surface area contributed by atoms with E-state index in [-0.39, 0.29) is 0 Å². The van der Waals surface area contributed by atoms with E-state index in [4.69, 9.17) is 0 Å². The average molecular weight is 227 g/mol.